The molecule has 0 saturated heterocycles. The Hall–Kier alpha value is -3.57. The minimum Gasteiger partial charge on any atom is -0.324 e. The van der Waals surface area contributed by atoms with Crippen LogP contribution in [0.4, 0.5) is 27.7 Å². The molecule has 0 fully saturated rings. The molecule has 0 spiro atoms. The molecule has 0 saturated carbocycles. The zero-order valence-corrected chi connectivity index (χ0v) is 16.9. The number of anilines is 4. The molecule has 154 valence electrons. The number of sulfonamides is 1. The largest absolute Gasteiger partial charge is 0.324 e. The van der Waals surface area contributed by atoms with E-state index in [2.05, 4.69) is 30.8 Å². The van der Waals surface area contributed by atoms with Crippen molar-refractivity contribution in [2.24, 2.45) is 0 Å². The lowest BCUT2D eigenvalue weighted by Gasteiger charge is -2.13. The SMILES string of the molecule is CN(C)S(=O)(=O)c1cccc(Nc2nccc(Nc3n[nH]c4ccc(F)cc34)n2)c1. The average molecular weight is 427 g/mol. The summed E-state index contributed by atoms with van der Waals surface area (Å²) in [6, 6.07) is 12.3. The molecule has 0 aliphatic carbocycles. The van der Waals surface area contributed by atoms with E-state index in [1.165, 1.54) is 44.6 Å². The Balaban J connectivity index is 1.58. The lowest BCUT2D eigenvalue weighted by molar-refractivity contribution is 0.521. The van der Waals surface area contributed by atoms with Gasteiger partial charge in [0.2, 0.25) is 16.0 Å². The number of nitrogens with zero attached hydrogens (tertiary/aromatic N) is 4. The van der Waals surface area contributed by atoms with Gasteiger partial charge in [0.15, 0.2) is 5.82 Å². The van der Waals surface area contributed by atoms with Gasteiger partial charge in [0.1, 0.15) is 11.6 Å². The van der Waals surface area contributed by atoms with Crippen molar-refractivity contribution in [2.75, 3.05) is 24.7 Å². The molecule has 0 bridgehead atoms. The number of rotatable bonds is 6. The first-order valence-corrected chi connectivity index (χ1v) is 10.3. The second kappa shape index (κ2) is 7.69. The number of nitrogens with one attached hydrogen (secondary N) is 3. The van der Waals surface area contributed by atoms with Gasteiger partial charge in [0.05, 0.1) is 10.4 Å². The maximum Gasteiger partial charge on any atom is 0.242 e. The Kier molecular flexibility index (Phi) is 5.06. The van der Waals surface area contributed by atoms with Gasteiger partial charge in [0.25, 0.3) is 0 Å². The number of halogens is 1. The molecule has 0 unspecified atom stereocenters. The predicted molar refractivity (Wildman–Crippen MR) is 112 cm³/mol. The fourth-order valence-electron chi connectivity index (χ4n) is 2.77. The van der Waals surface area contributed by atoms with Crippen molar-refractivity contribution in [3.8, 4) is 0 Å². The van der Waals surface area contributed by atoms with E-state index in [-0.39, 0.29) is 16.7 Å². The molecular weight excluding hydrogens is 409 g/mol. The Labute approximate surface area is 172 Å². The minimum atomic E-state index is -3.56. The van der Waals surface area contributed by atoms with E-state index in [9.17, 15) is 12.8 Å². The van der Waals surface area contributed by atoms with Crippen molar-refractivity contribution in [2.45, 2.75) is 4.90 Å². The lowest BCUT2D eigenvalue weighted by Crippen LogP contribution is -2.22. The molecule has 0 atom stereocenters. The summed E-state index contributed by atoms with van der Waals surface area (Å²) in [5, 5.41) is 13.6. The Bertz CT molecular complexity index is 1320. The summed E-state index contributed by atoms with van der Waals surface area (Å²) in [6.45, 7) is 0. The predicted octanol–water partition coefficient (Wildman–Crippen LogP) is 3.23. The molecule has 4 aromatic rings. The highest BCUT2D eigenvalue weighted by atomic mass is 32.2. The van der Waals surface area contributed by atoms with Crippen LogP contribution in [0.15, 0.2) is 59.6 Å². The van der Waals surface area contributed by atoms with Crippen LogP contribution >= 0.6 is 0 Å². The Morgan fingerprint density at radius 1 is 1.07 bits per heavy atom. The maximum atomic E-state index is 13.6. The van der Waals surface area contributed by atoms with Crippen molar-refractivity contribution in [1.29, 1.82) is 0 Å². The van der Waals surface area contributed by atoms with E-state index >= 15 is 0 Å². The van der Waals surface area contributed by atoms with Gasteiger partial charge < -0.3 is 10.6 Å². The molecule has 9 nitrogen and oxygen atoms in total. The third kappa shape index (κ3) is 3.93. The molecule has 4 rings (SSSR count). The summed E-state index contributed by atoms with van der Waals surface area (Å²) in [6.07, 6.45) is 1.54. The summed E-state index contributed by atoms with van der Waals surface area (Å²) in [5.74, 6) is 0.741. The molecule has 3 N–H and O–H groups in total. The van der Waals surface area contributed by atoms with Crippen LogP contribution in [-0.2, 0) is 10.0 Å². The van der Waals surface area contributed by atoms with Gasteiger partial charge in [0, 0.05) is 31.4 Å². The first kappa shape index (κ1) is 19.7. The van der Waals surface area contributed by atoms with E-state index in [4.69, 9.17) is 0 Å². The van der Waals surface area contributed by atoms with E-state index < -0.39 is 10.0 Å². The monoisotopic (exact) mass is 427 g/mol. The van der Waals surface area contributed by atoms with Gasteiger partial charge in [-0.3, -0.25) is 5.10 Å². The molecule has 2 aromatic carbocycles. The number of benzene rings is 2. The first-order valence-electron chi connectivity index (χ1n) is 8.86. The van der Waals surface area contributed by atoms with Crippen LogP contribution in [0.5, 0.6) is 0 Å². The summed E-state index contributed by atoms with van der Waals surface area (Å²) in [5.41, 5.74) is 1.20. The van der Waals surface area contributed by atoms with E-state index in [1.54, 1.807) is 24.3 Å². The number of aromatic amines is 1. The van der Waals surface area contributed by atoms with Crippen molar-refractivity contribution in [3.05, 3.63) is 60.5 Å². The normalized spacial score (nSPS) is 11.7. The van der Waals surface area contributed by atoms with E-state index in [0.29, 0.717) is 28.2 Å². The Morgan fingerprint density at radius 3 is 2.70 bits per heavy atom. The molecule has 0 amide bonds. The fourth-order valence-corrected chi connectivity index (χ4v) is 3.71. The number of hydrogen-bond donors (Lipinski definition) is 3. The third-order valence-corrected chi connectivity index (χ3v) is 6.11. The average Bonchev–Trinajstić information content (AvgIpc) is 3.10. The number of fused-ring (bicyclic) bond motifs is 1. The molecule has 30 heavy (non-hydrogen) atoms. The standard InChI is InChI=1S/C19H18FN7O2S/c1-27(2)30(28,29)14-5-3-4-13(11-14)22-19-21-9-8-17(24-19)23-18-15-10-12(20)6-7-16(15)25-26-18/h3-11H,1-2H3,(H3,21,22,23,24,25,26). The number of aromatic nitrogens is 4. The van der Waals surface area contributed by atoms with Crippen LogP contribution in [0.3, 0.4) is 0 Å². The van der Waals surface area contributed by atoms with Crippen LogP contribution in [0.25, 0.3) is 10.9 Å². The first-order chi connectivity index (χ1) is 14.3. The van der Waals surface area contributed by atoms with E-state index in [1.807, 2.05) is 0 Å². The third-order valence-electron chi connectivity index (χ3n) is 4.30. The minimum absolute atomic E-state index is 0.150. The molecule has 0 aliphatic rings. The van der Waals surface area contributed by atoms with E-state index in [0.717, 1.165) is 4.31 Å². The molecule has 2 heterocycles. The summed E-state index contributed by atoms with van der Waals surface area (Å²) in [7, 11) is -0.620. The number of H-pyrrole nitrogens is 1. The van der Waals surface area contributed by atoms with Crippen LogP contribution in [0.2, 0.25) is 0 Å². The smallest absolute Gasteiger partial charge is 0.242 e. The van der Waals surface area contributed by atoms with Crippen LogP contribution in [0.1, 0.15) is 0 Å². The van der Waals surface area contributed by atoms with Crippen LogP contribution < -0.4 is 10.6 Å². The van der Waals surface area contributed by atoms with Gasteiger partial charge in [-0.1, -0.05) is 6.07 Å². The van der Waals surface area contributed by atoms with Crippen LogP contribution in [-0.4, -0.2) is 47.0 Å². The molecule has 2 aromatic heterocycles. The molecule has 0 radical (unpaired) electrons. The van der Waals surface area contributed by atoms with Crippen molar-refractivity contribution < 1.29 is 12.8 Å². The van der Waals surface area contributed by atoms with Gasteiger partial charge in [-0.25, -0.2) is 22.1 Å². The second-order valence-corrected chi connectivity index (χ2v) is 8.74. The Morgan fingerprint density at radius 2 is 1.90 bits per heavy atom. The second-order valence-electron chi connectivity index (χ2n) is 6.59. The van der Waals surface area contributed by atoms with Gasteiger partial charge in [-0.15, -0.1) is 0 Å². The molecular formula is C19H18FN7O2S. The van der Waals surface area contributed by atoms with Crippen molar-refractivity contribution in [3.63, 3.8) is 0 Å². The summed E-state index contributed by atoms with van der Waals surface area (Å²) in [4.78, 5) is 8.67. The maximum absolute atomic E-state index is 13.6. The highest BCUT2D eigenvalue weighted by Gasteiger charge is 2.17. The van der Waals surface area contributed by atoms with Crippen molar-refractivity contribution >= 4 is 44.2 Å². The number of hydrogen-bond acceptors (Lipinski definition) is 7. The lowest BCUT2D eigenvalue weighted by atomic mass is 10.2. The zero-order valence-electron chi connectivity index (χ0n) is 16.1. The van der Waals surface area contributed by atoms with Gasteiger partial charge >= 0.3 is 0 Å². The van der Waals surface area contributed by atoms with Gasteiger partial charge in [-0.05, 0) is 42.5 Å². The zero-order chi connectivity index (χ0) is 21.3. The fraction of sp³-hybridized carbons (Fsp3) is 0.105. The summed E-state index contributed by atoms with van der Waals surface area (Å²) < 4.78 is 39.3. The van der Waals surface area contributed by atoms with Crippen molar-refractivity contribution in [1.82, 2.24) is 24.5 Å². The molecule has 11 heteroatoms. The topological polar surface area (TPSA) is 116 Å². The summed E-state index contributed by atoms with van der Waals surface area (Å²) >= 11 is 0. The highest BCUT2D eigenvalue weighted by molar-refractivity contribution is 7.89. The quantitative estimate of drug-likeness (QED) is 0.433. The molecule has 0 aliphatic heterocycles. The highest BCUT2D eigenvalue weighted by Crippen LogP contribution is 2.25. The van der Waals surface area contributed by atoms with Crippen LogP contribution in [0, 0.1) is 5.82 Å². The van der Waals surface area contributed by atoms with Gasteiger partial charge in [-0.2, -0.15) is 10.1 Å².